The van der Waals surface area contributed by atoms with Crippen molar-refractivity contribution in [3.63, 3.8) is 0 Å². The number of hydrogen-bond donors (Lipinski definition) is 1. The van der Waals surface area contributed by atoms with Gasteiger partial charge in [-0.25, -0.2) is 4.99 Å². The second kappa shape index (κ2) is 10.4. The first-order valence-electron chi connectivity index (χ1n) is 9.96. The summed E-state index contributed by atoms with van der Waals surface area (Å²) in [7, 11) is -1.15. The molecular formula is C24H23F3N2O2S2. The van der Waals surface area contributed by atoms with Gasteiger partial charge in [0.2, 0.25) is 0 Å². The van der Waals surface area contributed by atoms with Gasteiger partial charge in [0.25, 0.3) is 0 Å². The predicted molar refractivity (Wildman–Crippen MR) is 129 cm³/mol. The average molecular weight is 493 g/mol. The Kier molecular flexibility index (Phi) is 7.76. The van der Waals surface area contributed by atoms with Crippen LogP contribution in [0.1, 0.15) is 18.7 Å². The molecule has 0 saturated heterocycles. The van der Waals surface area contributed by atoms with Crippen LogP contribution in [0.2, 0.25) is 0 Å². The van der Waals surface area contributed by atoms with E-state index in [1.54, 1.807) is 54.8 Å². The number of aliphatic imine (C=N–C) groups is 1. The van der Waals surface area contributed by atoms with Crippen LogP contribution in [0, 0.1) is 0 Å². The number of alkyl halides is 3. The monoisotopic (exact) mass is 492 g/mol. The van der Waals surface area contributed by atoms with Crippen LogP contribution in [0.4, 0.5) is 18.9 Å². The molecule has 0 aliphatic rings. The van der Waals surface area contributed by atoms with Crippen LogP contribution in [-0.4, -0.2) is 28.5 Å². The van der Waals surface area contributed by atoms with Gasteiger partial charge < -0.3 is 10.5 Å². The smallest absolute Gasteiger partial charge is 0.430 e. The van der Waals surface area contributed by atoms with E-state index in [2.05, 4.69) is 4.99 Å². The van der Waals surface area contributed by atoms with Gasteiger partial charge in [-0.3, -0.25) is 4.21 Å². The highest BCUT2D eigenvalue weighted by Crippen LogP contribution is 2.33. The van der Waals surface area contributed by atoms with Crippen molar-refractivity contribution in [2.45, 2.75) is 31.0 Å². The second-order valence-corrected chi connectivity index (χ2v) is 9.70. The Morgan fingerprint density at radius 1 is 1.12 bits per heavy atom. The quantitative estimate of drug-likeness (QED) is 0.385. The van der Waals surface area contributed by atoms with Gasteiger partial charge in [0.1, 0.15) is 17.1 Å². The number of rotatable bonds is 7. The molecular weight excluding hydrogens is 469 g/mol. The Bertz CT molecular complexity index is 1210. The lowest BCUT2D eigenvalue weighted by atomic mass is 10.1. The molecule has 33 heavy (non-hydrogen) atoms. The number of nitrogens with two attached hydrogens (primary N) is 1. The van der Waals surface area contributed by atoms with Crippen LogP contribution in [0.15, 0.2) is 81.6 Å². The van der Waals surface area contributed by atoms with Crippen LogP contribution in [-0.2, 0) is 10.8 Å². The largest absolute Gasteiger partial charge is 0.489 e. The van der Waals surface area contributed by atoms with Crippen LogP contribution in [0.5, 0.6) is 5.75 Å². The lowest BCUT2D eigenvalue weighted by Crippen LogP contribution is -2.20. The number of thiophene rings is 1. The summed E-state index contributed by atoms with van der Waals surface area (Å²) in [5.41, 5.74) is 6.12. The molecule has 174 valence electrons. The Morgan fingerprint density at radius 3 is 2.52 bits per heavy atom. The minimum absolute atomic E-state index is 0.0658. The number of hydrogen-bond acceptors (Lipinski definition) is 5. The molecule has 9 heteroatoms. The minimum atomic E-state index is -4.69. The van der Waals surface area contributed by atoms with Gasteiger partial charge in [0.15, 0.2) is 0 Å². The predicted octanol–water partition coefficient (Wildman–Crippen LogP) is 6.47. The molecule has 0 radical (unpaired) electrons. The zero-order valence-electron chi connectivity index (χ0n) is 18.2. The van der Waals surface area contributed by atoms with Crippen molar-refractivity contribution < 1.29 is 22.1 Å². The van der Waals surface area contributed by atoms with Crippen molar-refractivity contribution in [2.75, 3.05) is 6.26 Å². The van der Waals surface area contributed by atoms with E-state index in [4.69, 9.17) is 10.5 Å². The molecule has 0 aliphatic heterocycles. The van der Waals surface area contributed by atoms with Crippen LogP contribution >= 0.6 is 11.3 Å². The zero-order chi connectivity index (χ0) is 24.2. The summed E-state index contributed by atoms with van der Waals surface area (Å²) in [6.45, 7) is 3.71. The maximum Gasteiger partial charge on any atom is 0.430 e. The molecule has 0 fully saturated rings. The highest BCUT2D eigenvalue weighted by molar-refractivity contribution is 7.84. The van der Waals surface area contributed by atoms with E-state index in [0.717, 1.165) is 17.2 Å². The van der Waals surface area contributed by atoms with E-state index in [1.165, 1.54) is 11.3 Å². The average Bonchev–Trinajstić information content (AvgIpc) is 3.24. The van der Waals surface area contributed by atoms with Gasteiger partial charge in [-0.15, -0.1) is 11.3 Å². The van der Waals surface area contributed by atoms with Crippen molar-refractivity contribution >= 4 is 33.5 Å². The number of ether oxygens (including phenoxy) is 1. The molecule has 0 aliphatic carbocycles. The van der Waals surface area contributed by atoms with Crippen molar-refractivity contribution in [3.8, 4) is 16.9 Å². The van der Waals surface area contributed by atoms with Crippen molar-refractivity contribution in [1.29, 1.82) is 0 Å². The minimum Gasteiger partial charge on any atom is -0.489 e. The van der Waals surface area contributed by atoms with Crippen molar-refractivity contribution in [3.05, 3.63) is 76.6 Å². The molecule has 2 N–H and O–H groups in total. The summed E-state index contributed by atoms with van der Waals surface area (Å²) in [5, 5.41) is 1.82. The van der Waals surface area contributed by atoms with Crippen LogP contribution in [0.3, 0.4) is 0 Å². The maximum absolute atomic E-state index is 13.2. The molecule has 2 aromatic carbocycles. The van der Waals surface area contributed by atoms with E-state index in [9.17, 15) is 17.4 Å². The number of nitrogens with zero attached hydrogens (tertiary/aromatic N) is 1. The van der Waals surface area contributed by atoms with Gasteiger partial charge >= 0.3 is 6.18 Å². The van der Waals surface area contributed by atoms with E-state index in [1.807, 2.05) is 25.3 Å². The SMILES string of the molecule is CC(C)Oc1ccccc1N=C(C=C(N)C(F)(F)F)c1cc(-c2cccc(S(C)=O)c2)cs1. The maximum atomic E-state index is 13.2. The first kappa shape index (κ1) is 24.7. The van der Waals surface area contributed by atoms with Crippen LogP contribution < -0.4 is 10.5 Å². The Balaban J connectivity index is 2.10. The highest BCUT2D eigenvalue weighted by Gasteiger charge is 2.32. The highest BCUT2D eigenvalue weighted by atomic mass is 32.2. The molecule has 4 nitrogen and oxygen atoms in total. The van der Waals surface area contributed by atoms with Gasteiger partial charge in [0.05, 0.1) is 16.7 Å². The molecule has 3 aromatic rings. The molecule has 3 rings (SSSR count). The Hall–Kier alpha value is -2.91. The van der Waals surface area contributed by atoms with Gasteiger partial charge in [-0.2, -0.15) is 13.2 Å². The van der Waals surface area contributed by atoms with Crippen molar-refractivity contribution in [1.82, 2.24) is 0 Å². The summed E-state index contributed by atoms with van der Waals surface area (Å²) < 4.78 is 57.2. The Morgan fingerprint density at radius 2 is 1.85 bits per heavy atom. The van der Waals surface area contributed by atoms with E-state index >= 15 is 0 Å². The van der Waals surface area contributed by atoms with Gasteiger partial charge in [0, 0.05) is 22.0 Å². The van der Waals surface area contributed by atoms with Gasteiger partial charge in [-0.05, 0) is 66.8 Å². The number of halogens is 3. The molecule has 0 amide bonds. The summed E-state index contributed by atoms with van der Waals surface area (Å²) in [6, 6.07) is 15.8. The van der Waals surface area contributed by atoms with Crippen LogP contribution in [0.25, 0.3) is 11.1 Å². The lowest BCUT2D eigenvalue weighted by molar-refractivity contribution is -0.0925. The number of allylic oxidation sites excluding steroid dienone is 2. The number of benzene rings is 2. The fraction of sp³-hybridized carbons (Fsp3) is 0.208. The first-order valence-corrected chi connectivity index (χ1v) is 12.4. The molecule has 1 atom stereocenters. The normalized spacial score (nSPS) is 13.9. The van der Waals surface area contributed by atoms with E-state index in [-0.39, 0.29) is 11.8 Å². The molecule has 0 spiro atoms. The number of para-hydroxylation sites is 2. The Labute approximate surface area is 197 Å². The topological polar surface area (TPSA) is 64.7 Å². The standard InChI is InChI=1S/C24H23F3N2O2S2/c1-15(2)31-21-10-5-4-9-19(21)29-20(13-23(28)24(25,26)27)22-12-17(14-32-22)16-7-6-8-18(11-16)33(3)30/h4-15H,28H2,1-3H3. The summed E-state index contributed by atoms with van der Waals surface area (Å²) in [5.74, 6) is 0.457. The zero-order valence-corrected chi connectivity index (χ0v) is 19.9. The molecule has 1 aromatic heterocycles. The first-order chi connectivity index (χ1) is 15.5. The van der Waals surface area contributed by atoms with Crippen molar-refractivity contribution in [2.24, 2.45) is 10.7 Å². The molecule has 0 bridgehead atoms. The molecule has 0 saturated carbocycles. The van der Waals surface area contributed by atoms with Gasteiger partial charge in [-0.1, -0.05) is 24.3 Å². The molecule has 1 unspecified atom stereocenters. The summed E-state index contributed by atoms with van der Waals surface area (Å²) >= 11 is 1.24. The van der Waals surface area contributed by atoms with E-state index < -0.39 is 22.7 Å². The lowest BCUT2D eigenvalue weighted by Gasteiger charge is -2.12. The third kappa shape index (κ3) is 6.55. The fourth-order valence-corrected chi connectivity index (χ4v) is 4.34. The molecule has 1 heterocycles. The third-order valence-electron chi connectivity index (χ3n) is 4.44. The summed E-state index contributed by atoms with van der Waals surface area (Å²) in [4.78, 5) is 5.65. The van der Waals surface area contributed by atoms with E-state index in [0.29, 0.717) is 21.2 Å². The fourth-order valence-electron chi connectivity index (χ4n) is 2.90. The third-order valence-corrected chi connectivity index (χ3v) is 6.31. The summed E-state index contributed by atoms with van der Waals surface area (Å²) in [6.07, 6.45) is -2.40. The second-order valence-electron chi connectivity index (χ2n) is 7.41.